The average Bonchev–Trinajstić information content (AvgIpc) is 3.24. The third-order valence-electron chi connectivity index (χ3n) is 10.2. The van der Waals surface area contributed by atoms with Gasteiger partial charge in [0.05, 0.1) is 60.1 Å². The number of carboxylic acids is 2. The normalized spacial score (nSPS) is 12.0. The lowest BCUT2D eigenvalue weighted by Crippen LogP contribution is -2.28. The van der Waals surface area contributed by atoms with Crippen molar-refractivity contribution in [2.24, 2.45) is 0 Å². The lowest BCUT2D eigenvalue weighted by Gasteiger charge is -2.18. The van der Waals surface area contributed by atoms with Gasteiger partial charge < -0.3 is 59.8 Å². The first-order chi connectivity index (χ1) is 31.3. The van der Waals surface area contributed by atoms with Crippen LogP contribution in [0.15, 0.2) is 57.5 Å². The van der Waals surface area contributed by atoms with Gasteiger partial charge in [-0.15, -0.1) is 0 Å². The second kappa shape index (κ2) is 26.1. The van der Waals surface area contributed by atoms with Crippen LogP contribution in [0.2, 0.25) is 0 Å². The molecule has 20 heteroatoms. The van der Waals surface area contributed by atoms with Crippen molar-refractivity contribution in [2.75, 3.05) is 54.5 Å². The van der Waals surface area contributed by atoms with Gasteiger partial charge in [-0.25, -0.2) is 0 Å². The molecule has 6 N–H and O–H groups in total. The minimum Gasteiger partial charge on any atom is -0.481 e. The summed E-state index contributed by atoms with van der Waals surface area (Å²) < 4.78 is 25.5. The summed E-state index contributed by atoms with van der Waals surface area (Å²) in [6.07, 6.45) is -2.74. The number of nitrogens with one attached hydrogen (secondary N) is 2. The molecule has 358 valence electrons. The van der Waals surface area contributed by atoms with Gasteiger partial charge in [0.1, 0.15) is 13.2 Å². The number of aliphatic carboxylic acids is 2. The molecule has 0 radical (unpaired) electrons. The molecular weight excluding hydrogens is 988 g/mol. The molecule has 0 aliphatic carbocycles. The van der Waals surface area contributed by atoms with E-state index in [1.807, 2.05) is 50.2 Å². The number of carboxylic acid groups (broad SMARTS) is 2. The molecule has 0 saturated carbocycles. The third kappa shape index (κ3) is 16.5. The van der Waals surface area contributed by atoms with Crippen molar-refractivity contribution >= 4 is 55.6 Å². The van der Waals surface area contributed by atoms with Crippen LogP contribution in [0.25, 0.3) is 11.1 Å². The largest absolute Gasteiger partial charge is 0.481 e. The second-order valence-corrected chi connectivity index (χ2v) is 17.5. The van der Waals surface area contributed by atoms with Crippen molar-refractivity contribution in [2.45, 2.75) is 78.0 Å². The fraction of sp³-hybridized carbons (Fsp3) is 0.435. The molecule has 0 fully saturated rings. The Balaban J connectivity index is 1.52. The van der Waals surface area contributed by atoms with E-state index in [0.717, 1.165) is 33.4 Å². The molecule has 0 aliphatic rings. The highest BCUT2D eigenvalue weighted by Gasteiger charge is 2.20. The smallest absolute Gasteiger partial charge is 0.306 e. The first kappa shape index (κ1) is 53.2. The molecule has 0 aliphatic heterocycles. The summed E-state index contributed by atoms with van der Waals surface area (Å²) in [7, 11) is 6.63. The number of aromatic nitrogens is 2. The van der Waals surface area contributed by atoms with E-state index in [4.69, 9.17) is 29.2 Å². The number of carbonyl (C=O) groups excluding carboxylic acids is 2. The van der Waals surface area contributed by atoms with E-state index in [1.165, 1.54) is 9.80 Å². The van der Waals surface area contributed by atoms with Crippen molar-refractivity contribution in [1.29, 1.82) is 0 Å². The van der Waals surface area contributed by atoms with E-state index in [1.54, 1.807) is 40.3 Å². The molecule has 2 atom stereocenters. The minimum atomic E-state index is -1.11. The van der Waals surface area contributed by atoms with E-state index in [9.17, 15) is 29.4 Å². The number of pyridine rings is 2. The highest BCUT2D eigenvalue weighted by molar-refractivity contribution is 9.10. The topological polar surface area (TPSA) is 242 Å². The lowest BCUT2D eigenvalue weighted by atomic mass is 9.92. The minimum absolute atomic E-state index is 0.0277. The van der Waals surface area contributed by atoms with Crippen molar-refractivity contribution in [3.05, 3.63) is 90.9 Å². The number of hydrogen-bond acceptors (Lipinski definition) is 14. The number of aliphatic hydroxyl groups excluding tert-OH is 2. The predicted octanol–water partition coefficient (Wildman–Crippen LogP) is 5.01. The fourth-order valence-electron chi connectivity index (χ4n) is 6.46. The molecule has 0 unspecified atom stereocenters. The number of halogens is 2. The zero-order valence-electron chi connectivity index (χ0n) is 37.9. The summed E-state index contributed by atoms with van der Waals surface area (Å²) in [5.41, 5.74) is 6.94. The Morgan fingerprint density at radius 2 is 0.985 bits per heavy atom. The van der Waals surface area contributed by atoms with Crippen LogP contribution in [0, 0.1) is 13.8 Å². The summed E-state index contributed by atoms with van der Waals surface area (Å²) in [5, 5.41) is 44.1. The third-order valence-corrected chi connectivity index (χ3v) is 11.3. The standard InChI is InChI=1S/C46H58Br2N6O12/c1-27-29(25-65-45-37(47)17-31(21-49-23-33(55)19-41(59)60)43(51-45)63-15-13-39(57)53(3)4)9-7-11-35(27)36-12-8-10-30(28(36)2)26-66-46-38(48)18-32(22-50-24-34(56)20-42(61)62)44(52-46)64-16-14-40(58)54(5)6/h7-12,17-18,33-34,49-50,55-56H,13-16,19-26H2,1-6H3,(H,59,60)(H,61,62)/t33-,34-/m0/s1. The number of nitrogens with zero attached hydrogens (tertiary/aromatic N) is 4. The molecule has 0 spiro atoms. The molecule has 0 bridgehead atoms. The van der Waals surface area contributed by atoms with Crippen LogP contribution in [-0.4, -0.2) is 131 Å². The van der Waals surface area contributed by atoms with Gasteiger partial charge in [-0.2, -0.15) is 9.97 Å². The molecule has 0 saturated heterocycles. The van der Waals surface area contributed by atoms with Crippen molar-refractivity contribution in [3.8, 4) is 34.6 Å². The SMILES string of the molecule is Cc1c(COc2nc(OCCC(=O)N(C)C)c(CNC[C@@H](O)CC(=O)O)cc2Br)cccc1-c1cccc(COc2nc(OCCC(=O)N(C)C)c(CNC[C@@H](O)CC(=O)O)cc2Br)c1C. The average molecular weight is 1050 g/mol. The van der Waals surface area contributed by atoms with Crippen LogP contribution in [-0.2, 0) is 45.5 Å². The molecule has 2 amide bonds. The fourth-order valence-corrected chi connectivity index (χ4v) is 7.42. The maximum absolute atomic E-state index is 12.2. The molecule has 4 rings (SSSR count). The van der Waals surface area contributed by atoms with Crippen LogP contribution >= 0.6 is 31.9 Å². The Hall–Kier alpha value is -5.38. The van der Waals surface area contributed by atoms with Crippen LogP contribution in [0.5, 0.6) is 23.5 Å². The molecule has 2 aromatic carbocycles. The second-order valence-electron chi connectivity index (χ2n) is 15.8. The van der Waals surface area contributed by atoms with E-state index in [2.05, 4.69) is 52.5 Å². The van der Waals surface area contributed by atoms with Crippen LogP contribution in [0.1, 0.15) is 59.1 Å². The van der Waals surface area contributed by atoms with Gasteiger partial charge in [-0.05, 0) is 91.2 Å². The molecular formula is C46H58Br2N6O12. The number of rotatable bonds is 27. The molecule has 2 heterocycles. The van der Waals surface area contributed by atoms with E-state index in [-0.39, 0.29) is 101 Å². The molecule has 4 aromatic rings. The quantitative estimate of drug-likeness (QED) is 0.0460. The van der Waals surface area contributed by atoms with Crippen molar-refractivity contribution < 1.29 is 58.6 Å². The Morgan fingerprint density at radius 3 is 1.33 bits per heavy atom. The van der Waals surface area contributed by atoms with Gasteiger partial charge in [0, 0.05) is 65.5 Å². The first-order valence-electron chi connectivity index (χ1n) is 21.0. The van der Waals surface area contributed by atoms with Crippen LogP contribution < -0.4 is 29.6 Å². The number of amides is 2. The summed E-state index contributed by atoms with van der Waals surface area (Å²) >= 11 is 7.13. The highest BCUT2D eigenvalue weighted by atomic mass is 79.9. The summed E-state index contributed by atoms with van der Waals surface area (Å²) in [6, 6.07) is 15.4. The Kier molecular flexibility index (Phi) is 21.0. The summed E-state index contributed by atoms with van der Waals surface area (Å²) in [4.78, 5) is 58.7. The zero-order valence-corrected chi connectivity index (χ0v) is 41.0. The summed E-state index contributed by atoms with van der Waals surface area (Å²) in [6.45, 7) is 4.92. The summed E-state index contributed by atoms with van der Waals surface area (Å²) in [5.74, 6) is -1.49. The van der Waals surface area contributed by atoms with Crippen molar-refractivity contribution in [1.82, 2.24) is 30.4 Å². The van der Waals surface area contributed by atoms with E-state index in [0.29, 0.717) is 20.1 Å². The Labute approximate surface area is 400 Å². The zero-order chi connectivity index (χ0) is 48.5. The number of benzene rings is 2. The van der Waals surface area contributed by atoms with Gasteiger partial charge in [-0.1, -0.05) is 36.4 Å². The first-order valence-corrected chi connectivity index (χ1v) is 22.6. The predicted molar refractivity (Wildman–Crippen MR) is 251 cm³/mol. The maximum atomic E-state index is 12.2. The number of ether oxygens (including phenoxy) is 4. The molecule has 2 aromatic heterocycles. The number of carbonyl (C=O) groups is 4. The monoisotopic (exact) mass is 1040 g/mol. The van der Waals surface area contributed by atoms with Crippen LogP contribution in [0.4, 0.5) is 0 Å². The van der Waals surface area contributed by atoms with Gasteiger partial charge in [0.25, 0.3) is 0 Å². The van der Waals surface area contributed by atoms with Crippen LogP contribution in [0.3, 0.4) is 0 Å². The maximum Gasteiger partial charge on any atom is 0.306 e. The Bertz CT molecular complexity index is 2160. The van der Waals surface area contributed by atoms with Gasteiger partial charge in [-0.3, -0.25) is 19.2 Å². The van der Waals surface area contributed by atoms with Gasteiger partial charge >= 0.3 is 11.9 Å². The molecule has 18 nitrogen and oxygen atoms in total. The molecule has 66 heavy (non-hydrogen) atoms. The lowest BCUT2D eigenvalue weighted by molar-refractivity contribution is -0.140. The van der Waals surface area contributed by atoms with Crippen molar-refractivity contribution in [3.63, 3.8) is 0 Å². The van der Waals surface area contributed by atoms with E-state index < -0.39 is 37.0 Å². The Morgan fingerprint density at radius 1 is 0.606 bits per heavy atom. The van der Waals surface area contributed by atoms with Gasteiger partial charge in [0.15, 0.2) is 0 Å². The number of aliphatic hydroxyl groups is 2. The van der Waals surface area contributed by atoms with Gasteiger partial charge in [0.2, 0.25) is 35.3 Å². The number of hydrogen-bond donors (Lipinski definition) is 6. The highest BCUT2D eigenvalue weighted by Crippen LogP contribution is 2.35. The van der Waals surface area contributed by atoms with E-state index >= 15 is 0 Å².